The molecular formula is C58H42O14. The fourth-order valence-electron chi connectivity index (χ4n) is 8.56. The van der Waals surface area contributed by atoms with Gasteiger partial charge in [0.1, 0.15) is 69.0 Å². The zero-order chi connectivity index (χ0) is 49.9. The van der Waals surface area contributed by atoms with Gasteiger partial charge in [0, 0.05) is 58.4 Å². The number of esters is 4. The lowest BCUT2D eigenvalue weighted by Crippen LogP contribution is -2.22. The molecule has 10 rings (SSSR count). The summed E-state index contributed by atoms with van der Waals surface area (Å²) in [5.74, 6) is 1.09. The van der Waals surface area contributed by atoms with Gasteiger partial charge in [-0.3, -0.25) is 0 Å². The van der Waals surface area contributed by atoms with Gasteiger partial charge in [-0.25, -0.2) is 19.2 Å². The van der Waals surface area contributed by atoms with Crippen LogP contribution < -0.4 is 47.4 Å². The van der Waals surface area contributed by atoms with E-state index in [0.29, 0.717) is 90.5 Å². The van der Waals surface area contributed by atoms with Crippen molar-refractivity contribution in [3.8, 4) is 69.0 Å². The van der Waals surface area contributed by atoms with Gasteiger partial charge in [-0.15, -0.1) is 0 Å². The monoisotopic (exact) mass is 962 g/mol. The predicted octanol–water partition coefficient (Wildman–Crippen LogP) is 11.8. The van der Waals surface area contributed by atoms with Crippen molar-refractivity contribution >= 4 is 23.9 Å². The molecule has 0 atom stereocenters. The highest BCUT2D eigenvalue weighted by atomic mass is 16.6. The molecule has 0 saturated carbocycles. The molecule has 0 saturated heterocycles. The molecule has 72 heavy (non-hydrogen) atoms. The molecule has 0 N–H and O–H groups in total. The third-order valence-corrected chi connectivity index (χ3v) is 12.2. The molecule has 8 aromatic rings. The fraction of sp³-hybridized carbons (Fsp3) is 0.103. The van der Waals surface area contributed by atoms with Crippen molar-refractivity contribution in [1.82, 2.24) is 0 Å². The fourth-order valence-corrected chi connectivity index (χ4v) is 8.56. The molecule has 14 nitrogen and oxygen atoms in total. The molecule has 0 aromatic heterocycles. The summed E-state index contributed by atoms with van der Waals surface area (Å²) in [6.07, 6.45) is 0. The van der Waals surface area contributed by atoms with Crippen molar-refractivity contribution in [2.75, 3.05) is 28.4 Å². The van der Waals surface area contributed by atoms with Crippen LogP contribution in [-0.2, 0) is 0 Å². The molecule has 0 aliphatic carbocycles. The van der Waals surface area contributed by atoms with Crippen LogP contribution in [0.2, 0.25) is 0 Å². The second-order valence-electron chi connectivity index (χ2n) is 16.4. The molecule has 2 aliphatic rings. The number of carbonyl (C=O) groups is 4. The molecular weight excluding hydrogens is 921 g/mol. The Morgan fingerprint density at radius 2 is 0.486 bits per heavy atom. The van der Waals surface area contributed by atoms with Crippen molar-refractivity contribution < 1.29 is 66.5 Å². The topological polar surface area (TPSA) is 161 Å². The number of methoxy groups -OCH3 is 4. The van der Waals surface area contributed by atoms with Crippen LogP contribution >= 0.6 is 0 Å². The summed E-state index contributed by atoms with van der Waals surface area (Å²) in [7, 11) is 6.15. The normalized spacial score (nSPS) is 12.2. The molecule has 0 bridgehead atoms. The molecule has 0 radical (unpaired) electrons. The second-order valence-corrected chi connectivity index (χ2v) is 16.4. The van der Waals surface area contributed by atoms with Crippen molar-refractivity contribution in [3.63, 3.8) is 0 Å². The Bertz CT molecular complexity index is 2920. The summed E-state index contributed by atoms with van der Waals surface area (Å²) in [5.41, 5.74) is 4.07. The van der Waals surface area contributed by atoms with Gasteiger partial charge in [-0.2, -0.15) is 0 Å². The maximum atomic E-state index is 13.4. The Hall–Kier alpha value is -9.56. The van der Waals surface area contributed by atoms with Crippen molar-refractivity contribution in [1.29, 1.82) is 0 Å². The highest BCUT2D eigenvalue weighted by Crippen LogP contribution is 2.59. The predicted molar refractivity (Wildman–Crippen MR) is 261 cm³/mol. The summed E-state index contributed by atoms with van der Waals surface area (Å²) < 4.78 is 57.9. The maximum Gasteiger partial charge on any atom is 0.343 e. The number of benzene rings is 8. The number of hydrogen-bond donors (Lipinski definition) is 0. The molecule has 2 aliphatic heterocycles. The lowest BCUT2D eigenvalue weighted by molar-refractivity contribution is 0.0724. The van der Waals surface area contributed by atoms with Crippen LogP contribution in [0.4, 0.5) is 0 Å². The van der Waals surface area contributed by atoms with Gasteiger partial charge in [0.05, 0.1) is 50.7 Å². The van der Waals surface area contributed by atoms with Crippen LogP contribution in [0.1, 0.15) is 75.5 Å². The zero-order valence-electron chi connectivity index (χ0n) is 39.0. The Kier molecular flexibility index (Phi) is 12.7. The average Bonchev–Trinajstić information content (AvgIpc) is 3.41. The Labute approximate surface area is 412 Å². The quantitative estimate of drug-likeness (QED) is 0.0793. The summed E-state index contributed by atoms with van der Waals surface area (Å²) in [6, 6.07) is 46.8. The first kappa shape index (κ1) is 46.2. The highest BCUT2D eigenvalue weighted by Gasteiger charge is 2.41. The van der Waals surface area contributed by atoms with Crippen LogP contribution in [-0.4, -0.2) is 52.3 Å². The van der Waals surface area contributed by atoms with E-state index in [1.807, 2.05) is 24.3 Å². The molecule has 14 heteroatoms. The highest BCUT2D eigenvalue weighted by molar-refractivity contribution is 5.93. The Balaban J connectivity index is 1.06. The lowest BCUT2D eigenvalue weighted by atomic mass is 9.71. The SMILES string of the molecule is COc1ccc(C(=O)Oc2ccc3c(c2)Oc2cc(OC(=O)c4ccc(OC)cc4)ccc2C3C2c3ccc(OC(=O)c4ccc(OC)cc4)cc3Oc3cc(OC(=O)c4ccc(OC)cc4)ccc32)cc1. The number of hydrogen-bond acceptors (Lipinski definition) is 14. The summed E-state index contributed by atoms with van der Waals surface area (Å²) in [5, 5.41) is 0. The van der Waals surface area contributed by atoms with E-state index >= 15 is 0 Å². The van der Waals surface area contributed by atoms with Crippen molar-refractivity contribution in [2.45, 2.75) is 11.8 Å². The van der Waals surface area contributed by atoms with Crippen molar-refractivity contribution in [2.24, 2.45) is 0 Å². The van der Waals surface area contributed by atoms with E-state index in [0.717, 1.165) is 0 Å². The maximum absolute atomic E-state index is 13.4. The van der Waals surface area contributed by atoms with Gasteiger partial charge < -0.3 is 47.4 Å². The zero-order valence-corrected chi connectivity index (χ0v) is 39.0. The lowest BCUT2D eigenvalue weighted by Gasteiger charge is -2.38. The third-order valence-electron chi connectivity index (χ3n) is 12.2. The minimum absolute atomic E-state index is 0.207. The molecule has 0 amide bonds. The smallest absolute Gasteiger partial charge is 0.343 e. The number of carbonyl (C=O) groups excluding carboxylic acids is 4. The minimum atomic E-state index is -0.600. The van der Waals surface area contributed by atoms with Gasteiger partial charge in [-0.1, -0.05) is 24.3 Å². The van der Waals surface area contributed by atoms with Gasteiger partial charge in [0.15, 0.2) is 0 Å². The van der Waals surface area contributed by atoms with Crippen molar-refractivity contribution in [3.05, 3.63) is 214 Å². The molecule has 358 valence electrons. The number of ether oxygens (including phenoxy) is 10. The first-order chi connectivity index (χ1) is 35.1. The summed E-state index contributed by atoms with van der Waals surface area (Å²) >= 11 is 0. The van der Waals surface area contributed by atoms with Gasteiger partial charge in [0.2, 0.25) is 0 Å². The number of fused-ring (bicyclic) bond motifs is 4. The van der Waals surface area contributed by atoms with E-state index in [9.17, 15) is 19.2 Å². The second kappa shape index (κ2) is 19.8. The van der Waals surface area contributed by atoms with E-state index in [1.165, 1.54) is 28.4 Å². The number of rotatable bonds is 13. The standard InChI is InChI=1S/C58H42O14/c1-63-37-13-5-33(6-14-37)55(59)67-41-21-25-45-49(29-41)71-50-30-42(68-56(60)34-7-15-38(64-2)16-8-34)22-26-46(50)53(45)54-47-27-23-43(69-57(61)35-9-17-39(65-3)18-10-35)31-51(47)72-52-32-44(24-28-48(52)54)70-58(62)36-11-19-40(66-4)20-12-36/h5-32,53-54H,1-4H3. The van der Waals surface area contributed by atoms with Crippen LogP contribution in [0.5, 0.6) is 69.0 Å². The van der Waals surface area contributed by atoms with Gasteiger partial charge >= 0.3 is 23.9 Å². The molecule has 0 fully saturated rings. The molecule has 0 spiro atoms. The largest absolute Gasteiger partial charge is 0.497 e. The molecule has 0 unspecified atom stereocenters. The van der Waals surface area contributed by atoms with E-state index < -0.39 is 35.7 Å². The van der Waals surface area contributed by atoms with Gasteiger partial charge in [-0.05, 0) is 121 Å². The summed E-state index contributed by atoms with van der Waals surface area (Å²) in [4.78, 5) is 53.7. The van der Waals surface area contributed by atoms with E-state index in [1.54, 1.807) is 146 Å². The third kappa shape index (κ3) is 9.44. The Morgan fingerprint density at radius 1 is 0.292 bits per heavy atom. The first-order valence-corrected chi connectivity index (χ1v) is 22.4. The van der Waals surface area contributed by atoms with Crippen LogP contribution in [0.15, 0.2) is 170 Å². The van der Waals surface area contributed by atoms with Crippen LogP contribution in [0.3, 0.4) is 0 Å². The van der Waals surface area contributed by atoms with E-state index in [4.69, 9.17) is 47.4 Å². The average molecular weight is 963 g/mol. The van der Waals surface area contributed by atoms with Gasteiger partial charge in [0.25, 0.3) is 0 Å². The minimum Gasteiger partial charge on any atom is -0.497 e. The Morgan fingerprint density at radius 3 is 0.681 bits per heavy atom. The van der Waals surface area contributed by atoms with Crippen LogP contribution in [0, 0.1) is 0 Å². The molecule has 8 aromatic carbocycles. The van der Waals surface area contributed by atoms with Crippen LogP contribution in [0.25, 0.3) is 0 Å². The van der Waals surface area contributed by atoms with E-state index in [2.05, 4.69) is 0 Å². The molecule has 2 heterocycles. The van der Waals surface area contributed by atoms with E-state index in [-0.39, 0.29) is 23.0 Å². The first-order valence-electron chi connectivity index (χ1n) is 22.4. The summed E-state index contributed by atoms with van der Waals surface area (Å²) in [6.45, 7) is 0.